The summed E-state index contributed by atoms with van der Waals surface area (Å²) in [5, 5.41) is 6.00. The van der Waals surface area contributed by atoms with E-state index in [1.54, 1.807) is 6.07 Å². The standard InChI is InChI=1S/C16H24FN3O/c1-12-6-7-13(17)9-15(12)19-16(21)11-20-8-4-3-5-14(20)10-18-2/h6-7,9,14,18H,3-5,8,10-11H2,1-2H3,(H,19,21). The van der Waals surface area contributed by atoms with E-state index in [4.69, 9.17) is 0 Å². The van der Waals surface area contributed by atoms with Gasteiger partial charge in [0, 0.05) is 18.3 Å². The van der Waals surface area contributed by atoms with Crippen LogP contribution in [0.25, 0.3) is 0 Å². The molecule has 1 amide bonds. The molecule has 0 bridgehead atoms. The van der Waals surface area contributed by atoms with Gasteiger partial charge in [-0.3, -0.25) is 9.69 Å². The molecule has 0 radical (unpaired) electrons. The molecule has 1 atom stereocenters. The number of piperidine rings is 1. The van der Waals surface area contributed by atoms with E-state index in [0.717, 1.165) is 31.5 Å². The van der Waals surface area contributed by atoms with Crippen LogP contribution in [0.2, 0.25) is 0 Å². The zero-order chi connectivity index (χ0) is 15.2. The topological polar surface area (TPSA) is 44.4 Å². The molecule has 0 aromatic heterocycles. The predicted molar refractivity (Wildman–Crippen MR) is 82.9 cm³/mol. The first-order chi connectivity index (χ1) is 10.1. The van der Waals surface area contributed by atoms with Crippen molar-refractivity contribution >= 4 is 11.6 Å². The van der Waals surface area contributed by atoms with Gasteiger partial charge in [0.1, 0.15) is 5.82 Å². The highest BCUT2D eigenvalue weighted by Crippen LogP contribution is 2.18. The Morgan fingerprint density at radius 3 is 3.00 bits per heavy atom. The molecule has 2 N–H and O–H groups in total. The monoisotopic (exact) mass is 293 g/mol. The highest BCUT2D eigenvalue weighted by Gasteiger charge is 2.23. The number of rotatable bonds is 5. The molecule has 1 aromatic carbocycles. The second kappa shape index (κ2) is 7.52. The minimum Gasteiger partial charge on any atom is -0.325 e. The van der Waals surface area contributed by atoms with E-state index >= 15 is 0 Å². The van der Waals surface area contributed by atoms with E-state index in [9.17, 15) is 9.18 Å². The number of likely N-dealkylation sites (tertiary alicyclic amines) is 1. The third kappa shape index (κ3) is 4.51. The zero-order valence-electron chi connectivity index (χ0n) is 12.8. The van der Waals surface area contributed by atoms with E-state index < -0.39 is 0 Å². The van der Waals surface area contributed by atoms with Gasteiger partial charge in [-0.25, -0.2) is 4.39 Å². The lowest BCUT2D eigenvalue weighted by Gasteiger charge is -2.35. The smallest absolute Gasteiger partial charge is 0.238 e. The number of aryl methyl sites for hydroxylation is 1. The summed E-state index contributed by atoms with van der Waals surface area (Å²) in [5.74, 6) is -0.409. The van der Waals surface area contributed by atoms with Crippen LogP contribution in [-0.2, 0) is 4.79 Å². The molecule has 5 heteroatoms. The lowest BCUT2D eigenvalue weighted by Crippen LogP contribution is -2.47. The summed E-state index contributed by atoms with van der Waals surface area (Å²) in [6, 6.07) is 4.85. The van der Waals surface area contributed by atoms with Gasteiger partial charge in [-0.05, 0) is 51.1 Å². The molecule has 1 aliphatic rings. The summed E-state index contributed by atoms with van der Waals surface area (Å²) in [6.07, 6.45) is 3.47. The molecule has 1 saturated heterocycles. The number of nitrogens with one attached hydrogen (secondary N) is 2. The molecule has 4 nitrogen and oxygen atoms in total. The maximum atomic E-state index is 13.2. The first kappa shape index (κ1) is 15.9. The molecule has 2 rings (SSSR count). The first-order valence-electron chi connectivity index (χ1n) is 7.55. The number of benzene rings is 1. The second-order valence-corrected chi connectivity index (χ2v) is 5.69. The summed E-state index contributed by atoms with van der Waals surface area (Å²) in [6.45, 7) is 4.07. The molecule has 1 aromatic rings. The van der Waals surface area contributed by atoms with Crippen LogP contribution >= 0.6 is 0 Å². The Hall–Kier alpha value is -1.46. The van der Waals surface area contributed by atoms with Crippen molar-refractivity contribution in [1.29, 1.82) is 0 Å². The summed E-state index contributed by atoms with van der Waals surface area (Å²) in [4.78, 5) is 14.4. The predicted octanol–water partition coefficient (Wildman–Crippen LogP) is 2.15. The van der Waals surface area contributed by atoms with Crippen molar-refractivity contribution in [1.82, 2.24) is 10.2 Å². The van der Waals surface area contributed by atoms with Gasteiger partial charge >= 0.3 is 0 Å². The minimum atomic E-state index is -0.332. The van der Waals surface area contributed by atoms with Crippen LogP contribution in [0.5, 0.6) is 0 Å². The van der Waals surface area contributed by atoms with Crippen molar-refractivity contribution in [3.05, 3.63) is 29.6 Å². The van der Waals surface area contributed by atoms with E-state index in [1.807, 2.05) is 14.0 Å². The van der Waals surface area contributed by atoms with Crippen molar-refractivity contribution in [2.45, 2.75) is 32.2 Å². The molecule has 1 fully saturated rings. The third-order valence-corrected chi connectivity index (χ3v) is 4.01. The molecule has 0 spiro atoms. The van der Waals surface area contributed by atoms with Crippen LogP contribution in [0.15, 0.2) is 18.2 Å². The van der Waals surface area contributed by atoms with Crippen LogP contribution < -0.4 is 10.6 Å². The van der Waals surface area contributed by atoms with Crippen LogP contribution in [0.3, 0.4) is 0 Å². The maximum absolute atomic E-state index is 13.2. The highest BCUT2D eigenvalue weighted by atomic mass is 19.1. The summed E-state index contributed by atoms with van der Waals surface area (Å²) in [7, 11) is 1.93. The average molecular weight is 293 g/mol. The van der Waals surface area contributed by atoms with Crippen molar-refractivity contribution in [2.24, 2.45) is 0 Å². The average Bonchev–Trinajstić information content (AvgIpc) is 2.45. The van der Waals surface area contributed by atoms with Gasteiger partial charge in [0.25, 0.3) is 0 Å². The van der Waals surface area contributed by atoms with E-state index in [0.29, 0.717) is 18.3 Å². The Morgan fingerprint density at radius 2 is 2.24 bits per heavy atom. The number of carbonyl (C=O) groups is 1. The van der Waals surface area contributed by atoms with Gasteiger partial charge in [-0.15, -0.1) is 0 Å². The Bertz CT molecular complexity index is 490. The van der Waals surface area contributed by atoms with E-state index in [-0.39, 0.29) is 11.7 Å². The third-order valence-electron chi connectivity index (χ3n) is 4.01. The van der Waals surface area contributed by atoms with Gasteiger partial charge < -0.3 is 10.6 Å². The summed E-state index contributed by atoms with van der Waals surface area (Å²) in [5.41, 5.74) is 1.43. The van der Waals surface area contributed by atoms with Crippen LogP contribution in [0, 0.1) is 12.7 Å². The summed E-state index contributed by atoms with van der Waals surface area (Å²) < 4.78 is 13.2. The van der Waals surface area contributed by atoms with Gasteiger partial charge in [0.15, 0.2) is 0 Å². The fourth-order valence-corrected chi connectivity index (χ4v) is 2.84. The fourth-order valence-electron chi connectivity index (χ4n) is 2.84. The number of amides is 1. The Morgan fingerprint density at radius 1 is 1.43 bits per heavy atom. The highest BCUT2D eigenvalue weighted by molar-refractivity contribution is 5.93. The number of halogens is 1. The lowest BCUT2D eigenvalue weighted by atomic mass is 10.0. The van der Waals surface area contributed by atoms with Gasteiger partial charge in [-0.1, -0.05) is 12.5 Å². The molecular weight excluding hydrogens is 269 g/mol. The Kier molecular flexibility index (Phi) is 5.70. The number of hydrogen-bond acceptors (Lipinski definition) is 3. The zero-order valence-corrected chi connectivity index (χ0v) is 12.8. The quantitative estimate of drug-likeness (QED) is 0.874. The maximum Gasteiger partial charge on any atom is 0.238 e. The number of anilines is 1. The summed E-state index contributed by atoms with van der Waals surface area (Å²) >= 11 is 0. The Balaban J connectivity index is 1.95. The molecular formula is C16H24FN3O. The van der Waals surface area contributed by atoms with E-state index in [1.165, 1.54) is 18.6 Å². The van der Waals surface area contributed by atoms with E-state index in [2.05, 4.69) is 15.5 Å². The molecule has 116 valence electrons. The van der Waals surface area contributed by atoms with Crippen molar-refractivity contribution in [2.75, 3.05) is 32.0 Å². The number of hydrogen-bond donors (Lipinski definition) is 2. The number of carbonyl (C=O) groups excluding carboxylic acids is 1. The number of likely N-dealkylation sites (N-methyl/N-ethyl adjacent to an activating group) is 1. The molecule has 0 aliphatic carbocycles. The van der Waals surface area contributed by atoms with Gasteiger partial charge in [-0.2, -0.15) is 0 Å². The van der Waals surface area contributed by atoms with Crippen molar-refractivity contribution in [3.63, 3.8) is 0 Å². The normalized spacial score (nSPS) is 19.5. The van der Waals surface area contributed by atoms with Gasteiger partial charge in [0.05, 0.1) is 6.54 Å². The molecule has 1 unspecified atom stereocenters. The van der Waals surface area contributed by atoms with Crippen molar-refractivity contribution < 1.29 is 9.18 Å². The van der Waals surface area contributed by atoms with Crippen LogP contribution in [0.1, 0.15) is 24.8 Å². The lowest BCUT2D eigenvalue weighted by molar-refractivity contribution is -0.118. The second-order valence-electron chi connectivity index (χ2n) is 5.69. The largest absolute Gasteiger partial charge is 0.325 e. The molecule has 1 aliphatic heterocycles. The van der Waals surface area contributed by atoms with Gasteiger partial charge in [0.2, 0.25) is 5.91 Å². The van der Waals surface area contributed by atoms with Crippen molar-refractivity contribution in [3.8, 4) is 0 Å². The minimum absolute atomic E-state index is 0.0771. The molecule has 0 saturated carbocycles. The SMILES string of the molecule is CNCC1CCCCN1CC(=O)Nc1cc(F)ccc1C. The first-order valence-corrected chi connectivity index (χ1v) is 7.55. The van der Waals surface area contributed by atoms with Crippen LogP contribution in [-0.4, -0.2) is 43.5 Å². The Labute approximate surface area is 125 Å². The molecule has 1 heterocycles. The number of nitrogens with zero attached hydrogens (tertiary/aromatic N) is 1. The fraction of sp³-hybridized carbons (Fsp3) is 0.562. The molecule has 21 heavy (non-hydrogen) atoms. The van der Waals surface area contributed by atoms with Crippen LogP contribution in [0.4, 0.5) is 10.1 Å².